The van der Waals surface area contributed by atoms with Gasteiger partial charge < -0.3 is 14.6 Å². The third-order valence-corrected chi connectivity index (χ3v) is 8.05. The van der Waals surface area contributed by atoms with Crippen LogP contribution < -0.4 is 10.1 Å². The van der Waals surface area contributed by atoms with Gasteiger partial charge in [-0.1, -0.05) is 50.1 Å². The first kappa shape index (κ1) is 25.1. The molecule has 192 valence electrons. The van der Waals surface area contributed by atoms with Crippen molar-refractivity contribution in [3.05, 3.63) is 58.6 Å². The summed E-state index contributed by atoms with van der Waals surface area (Å²) < 4.78 is 22.4. The summed E-state index contributed by atoms with van der Waals surface area (Å²) in [6.45, 7) is 2.13. The monoisotopic (exact) mass is 511 g/mol. The zero-order chi connectivity index (χ0) is 25.1. The molecule has 1 atom stereocenters. The molecule has 1 unspecified atom stereocenters. The van der Waals surface area contributed by atoms with E-state index in [1.807, 2.05) is 23.6 Å². The van der Waals surface area contributed by atoms with Gasteiger partial charge in [0.25, 0.3) is 0 Å². The van der Waals surface area contributed by atoms with E-state index in [0.29, 0.717) is 22.1 Å². The Morgan fingerprint density at radius 2 is 1.81 bits per heavy atom. The summed E-state index contributed by atoms with van der Waals surface area (Å²) in [6.07, 6.45) is 11.0. The molecule has 3 aromatic rings. The number of rotatable bonds is 7. The van der Waals surface area contributed by atoms with Gasteiger partial charge in [0.1, 0.15) is 30.0 Å². The molecule has 2 aliphatic carbocycles. The fourth-order valence-electron chi connectivity index (χ4n) is 5.98. The van der Waals surface area contributed by atoms with E-state index in [-0.39, 0.29) is 30.3 Å². The predicted octanol–water partition coefficient (Wildman–Crippen LogP) is 7.29. The van der Waals surface area contributed by atoms with Gasteiger partial charge in [-0.05, 0) is 74.4 Å². The summed E-state index contributed by atoms with van der Waals surface area (Å²) in [5.41, 5.74) is 2.25. The molecule has 2 aromatic carbocycles. The van der Waals surface area contributed by atoms with Crippen molar-refractivity contribution in [1.29, 1.82) is 0 Å². The number of fused-ring (bicyclic) bond motifs is 1. The van der Waals surface area contributed by atoms with Crippen LogP contribution in [0.15, 0.2) is 36.4 Å². The summed E-state index contributed by atoms with van der Waals surface area (Å²) in [5.74, 6) is 1.27. The summed E-state index contributed by atoms with van der Waals surface area (Å²) >= 11 is 6.12. The fraction of sp³-hybridized carbons (Fsp3) is 0.517. The number of nitrogens with one attached hydrogen (secondary N) is 1. The third kappa shape index (κ3) is 5.54. The molecule has 0 radical (unpaired) electrons. The second-order valence-electron chi connectivity index (χ2n) is 10.4. The standard InChI is InChI=1S/C29H35ClFN3O2/c1-19-16-21(30)12-15-26(19)36-18-27-33-24-17-22(31)13-14-25(24)34(27)28(20-8-4-2-3-5-9-20)29(35)32-23-10-6-7-11-23/h12-17,20,23,28H,2-11,18H2,1H3,(H,32,35). The molecule has 7 heteroatoms. The molecule has 0 spiro atoms. The first-order valence-corrected chi connectivity index (χ1v) is 13.7. The summed E-state index contributed by atoms with van der Waals surface area (Å²) in [4.78, 5) is 18.7. The third-order valence-electron chi connectivity index (χ3n) is 7.81. The minimum atomic E-state index is -0.399. The number of carbonyl (C=O) groups excluding carboxylic acids is 1. The zero-order valence-corrected chi connectivity index (χ0v) is 21.7. The van der Waals surface area contributed by atoms with Gasteiger partial charge in [0.15, 0.2) is 0 Å². The number of nitrogens with zero attached hydrogens (tertiary/aromatic N) is 2. The summed E-state index contributed by atoms with van der Waals surface area (Å²) in [6, 6.07) is 9.99. The lowest BCUT2D eigenvalue weighted by Crippen LogP contribution is -2.42. The van der Waals surface area contributed by atoms with Crippen molar-refractivity contribution >= 4 is 28.5 Å². The molecule has 1 N–H and O–H groups in total. The molecule has 1 aromatic heterocycles. The predicted molar refractivity (Wildman–Crippen MR) is 141 cm³/mol. The van der Waals surface area contributed by atoms with E-state index in [1.165, 1.54) is 25.0 Å². The smallest absolute Gasteiger partial charge is 0.243 e. The van der Waals surface area contributed by atoms with Crippen molar-refractivity contribution in [3.8, 4) is 5.75 Å². The number of carbonyl (C=O) groups is 1. The van der Waals surface area contributed by atoms with Crippen LogP contribution in [-0.4, -0.2) is 21.5 Å². The molecule has 0 aliphatic heterocycles. The first-order valence-electron chi connectivity index (χ1n) is 13.4. The van der Waals surface area contributed by atoms with Crippen LogP contribution in [0.4, 0.5) is 4.39 Å². The topological polar surface area (TPSA) is 56.2 Å². The lowest BCUT2D eigenvalue weighted by atomic mass is 9.90. The molecule has 0 saturated heterocycles. The molecule has 0 bridgehead atoms. The lowest BCUT2D eigenvalue weighted by Gasteiger charge is -2.30. The van der Waals surface area contributed by atoms with E-state index < -0.39 is 6.04 Å². The Kier molecular flexibility index (Phi) is 7.80. The van der Waals surface area contributed by atoms with Gasteiger partial charge in [-0.2, -0.15) is 0 Å². The van der Waals surface area contributed by atoms with Crippen molar-refractivity contribution in [2.75, 3.05) is 0 Å². The van der Waals surface area contributed by atoms with Crippen molar-refractivity contribution in [1.82, 2.24) is 14.9 Å². The molecule has 1 amide bonds. The van der Waals surface area contributed by atoms with E-state index in [1.54, 1.807) is 12.1 Å². The Morgan fingerprint density at radius 1 is 1.08 bits per heavy atom. The molecule has 2 fully saturated rings. The molecular formula is C29H35ClFN3O2. The summed E-state index contributed by atoms with van der Waals surface area (Å²) in [7, 11) is 0. The van der Waals surface area contributed by atoms with Crippen LogP contribution in [0.25, 0.3) is 11.0 Å². The van der Waals surface area contributed by atoms with Crippen LogP contribution in [0.2, 0.25) is 5.02 Å². The van der Waals surface area contributed by atoms with Crippen LogP contribution >= 0.6 is 11.6 Å². The second-order valence-corrected chi connectivity index (χ2v) is 10.9. The largest absolute Gasteiger partial charge is 0.485 e. The average molecular weight is 512 g/mol. The number of aryl methyl sites for hydroxylation is 1. The van der Waals surface area contributed by atoms with Crippen LogP contribution in [0.1, 0.15) is 81.6 Å². The molecule has 1 heterocycles. The molecule has 5 rings (SSSR count). The zero-order valence-electron chi connectivity index (χ0n) is 20.9. The number of imidazole rings is 1. The number of amides is 1. The Hall–Kier alpha value is -2.60. The highest BCUT2D eigenvalue weighted by Crippen LogP contribution is 2.36. The van der Waals surface area contributed by atoms with Crippen LogP contribution in [0, 0.1) is 18.7 Å². The van der Waals surface area contributed by atoms with Crippen molar-refractivity contribution in [2.24, 2.45) is 5.92 Å². The summed E-state index contributed by atoms with van der Waals surface area (Å²) in [5, 5.41) is 4.01. The van der Waals surface area contributed by atoms with E-state index in [9.17, 15) is 9.18 Å². The Morgan fingerprint density at radius 3 is 2.53 bits per heavy atom. The van der Waals surface area contributed by atoms with Gasteiger partial charge in [0.05, 0.1) is 11.0 Å². The minimum absolute atomic E-state index is 0.0568. The van der Waals surface area contributed by atoms with Crippen LogP contribution in [0.5, 0.6) is 5.75 Å². The Bertz CT molecular complexity index is 1210. The van der Waals surface area contributed by atoms with Crippen LogP contribution in [0.3, 0.4) is 0 Å². The Balaban J connectivity index is 1.54. The van der Waals surface area contributed by atoms with Crippen molar-refractivity contribution < 1.29 is 13.9 Å². The second kappa shape index (κ2) is 11.2. The number of ether oxygens (including phenoxy) is 1. The van der Waals surface area contributed by atoms with E-state index in [0.717, 1.165) is 62.4 Å². The normalized spacial score (nSPS) is 18.3. The van der Waals surface area contributed by atoms with Crippen LogP contribution in [-0.2, 0) is 11.4 Å². The van der Waals surface area contributed by atoms with Gasteiger partial charge in [-0.25, -0.2) is 9.37 Å². The molecule has 2 aliphatic rings. The van der Waals surface area contributed by atoms with Gasteiger partial charge in [0.2, 0.25) is 5.91 Å². The maximum Gasteiger partial charge on any atom is 0.243 e. The highest BCUT2D eigenvalue weighted by Gasteiger charge is 2.35. The molecule has 5 nitrogen and oxygen atoms in total. The van der Waals surface area contributed by atoms with Gasteiger partial charge in [0, 0.05) is 17.1 Å². The fourth-order valence-corrected chi connectivity index (χ4v) is 6.20. The van der Waals surface area contributed by atoms with E-state index in [2.05, 4.69) is 5.32 Å². The van der Waals surface area contributed by atoms with Gasteiger partial charge in [-0.15, -0.1) is 0 Å². The highest BCUT2D eigenvalue weighted by molar-refractivity contribution is 6.30. The maximum absolute atomic E-state index is 14.2. The maximum atomic E-state index is 14.2. The minimum Gasteiger partial charge on any atom is -0.485 e. The van der Waals surface area contributed by atoms with Gasteiger partial charge >= 0.3 is 0 Å². The van der Waals surface area contributed by atoms with Gasteiger partial charge in [-0.3, -0.25) is 4.79 Å². The number of hydrogen-bond acceptors (Lipinski definition) is 3. The molecule has 2 saturated carbocycles. The number of benzene rings is 2. The number of halogens is 2. The average Bonchev–Trinajstić information content (AvgIpc) is 3.38. The highest BCUT2D eigenvalue weighted by atomic mass is 35.5. The SMILES string of the molecule is Cc1cc(Cl)ccc1OCc1nc2cc(F)ccc2n1C(C(=O)NC1CCCC1)C1CCCCCC1. The van der Waals surface area contributed by atoms with E-state index >= 15 is 0 Å². The quantitative estimate of drug-likeness (QED) is 0.339. The van der Waals surface area contributed by atoms with Crippen molar-refractivity contribution in [3.63, 3.8) is 0 Å². The molecular weight excluding hydrogens is 477 g/mol. The molecule has 36 heavy (non-hydrogen) atoms. The first-order chi connectivity index (χ1) is 17.5. The number of hydrogen-bond donors (Lipinski definition) is 1. The lowest BCUT2D eigenvalue weighted by molar-refractivity contribution is -0.126. The number of aromatic nitrogens is 2. The van der Waals surface area contributed by atoms with E-state index in [4.69, 9.17) is 21.3 Å². The Labute approximate surface area is 217 Å². The van der Waals surface area contributed by atoms with Crippen molar-refractivity contribution in [2.45, 2.75) is 89.8 Å².